The molecule has 1 saturated heterocycles. The number of rotatable bonds is 5. The first-order valence-electron chi connectivity index (χ1n) is 11.2. The van der Waals surface area contributed by atoms with Crippen molar-refractivity contribution in [1.82, 2.24) is 19.8 Å². The van der Waals surface area contributed by atoms with Crippen LogP contribution in [0.5, 0.6) is 0 Å². The molecule has 0 unspecified atom stereocenters. The minimum Gasteiger partial charge on any atom is -0.339 e. The molecule has 30 heavy (non-hydrogen) atoms. The van der Waals surface area contributed by atoms with Crippen molar-refractivity contribution in [1.29, 1.82) is 0 Å². The zero-order chi connectivity index (χ0) is 20.8. The van der Waals surface area contributed by atoms with Crippen LogP contribution in [0.2, 0.25) is 0 Å². The van der Waals surface area contributed by atoms with E-state index in [1.165, 1.54) is 32.1 Å². The summed E-state index contributed by atoms with van der Waals surface area (Å²) in [6.07, 6.45) is 13.2. The third-order valence-corrected chi connectivity index (χ3v) is 6.30. The molecule has 2 aliphatic rings. The van der Waals surface area contributed by atoms with Gasteiger partial charge in [-0.1, -0.05) is 44.2 Å². The Labute approximate surface area is 178 Å². The van der Waals surface area contributed by atoms with Crippen molar-refractivity contribution in [3.05, 3.63) is 42.2 Å². The first kappa shape index (κ1) is 20.5. The lowest BCUT2D eigenvalue weighted by molar-refractivity contribution is -0.137. The van der Waals surface area contributed by atoms with Gasteiger partial charge < -0.3 is 9.80 Å². The van der Waals surface area contributed by atoms with E-state index in [4.69, 9.17) is 0 Å². The predicted molar refractivity (Wildman–Crippen MR) is 118 cm³/mol. The molecule has 0 bridgehead atoms. The molecule has 4 rings (SSSR count). The molecule has 6 nitrogen and oxygen atoms in total. The molecule has 2 fully saturated rings. The van der Waals surface area contributed by atoms with Crippen LogP contribution in [0.1, 0.15) is 50.6 Å². The minimum atomic E-state index is -0.0423. The topological polar surface area (TPSA) is 66.4 Å². The largest absolute Gasteiger partial charge is 0.339 e. The van der Waals surface area contributed by atoms with E-state index < -0.39 is 0 Å². The fourth-order valence-corrected chi connectivity index (χ4v) is 4.45. The van der Waals surface area contributed by atoms with Gasteiger partial charge in [0.1, 0.15) is 0 Å². The molecule has 0 radical (unpaired) electrons. The highest BCUT2D eigenvalue weighted by molar-refractivity contribution is 5.92. The van der Waals surface area contributed by atoms with Gasteiger partial charge in [0, 0.05) is 38.7 Å². The quantitative estimate of drug-likeness (QED) is 0.711. The number of carbonyl (C=O) groups is 2. The van der Waals surface area contributed by atoms with Crippen molar-refractivity contribution in [2.45, 2.75) is 44.9 Å². The molecule has 0 N–H and O–H groups in total. The summed E-state index contributed by atoms with van der Waals surface area (Å²) in [6, 6.07) is 7.67. The third-order valence-electron chi connectivity index (χ3n) is 6.30. The van der Waals surface area contributed by atoms with Crippen molar-refractivity contribution < 1.29 is 9.59 Å². The number of hydrogen-bond donors (Lipinski definition) is 0. The Hall–Kier alpha value is -2.76. The molecule has 2 heterocycles. The van der Waals surface area contributed by atoms with Crippen LogP contribution < -0.4 is 0 Å². The molecule has 1 aromatic heterocycles. The Morgan fingerprint density at radius 2 is 1.67 bits per heavy atom. The maximum atomic E-state index is 12.5. The standard InChI is InChI=1S/C24H30N4O2/c29-23(12-10-19-6-2-1-3-7-19)27-14-16-28(17-15-27)24(30)13-11-20-18-25-21-8-4-5-9-22(21)26-20/h4-5,8-9,11,13,18-19H,1-3,6-7,10,12,14-17H2. The van der Waals surface area contributed by atoms with Crippen molar-refractivity contribution >= 4 is 28.9 Å². The number of aromatic nitrogens is 2. The van der Waals surface area contributed by atoms with Gasteiger partial charge in [-0.15, -0.1) is 0 Å². The lowest BCUT2D eigenvalue weighted by Crippen LogP contribution is -2.50. The van der Waals surface area contributed by atoms with E-state index in [9.17, 15) is 9.59 Å². The van der Waals surface area contributed by atoms with Crippen LogP contribution in [-0.4, -0.2) is 57.8 Å². The van der Waals surface area contributed by atoms with Gasteiger partial charge >= 0.3 is 0 Å². The monoisotopic (exact) mass is 406 g/mol. The normalized spacial score (nSPS) is 18.3. The minimum absolute atomic E-state index is 0.0423. The fraction of sp³-hybridized carbons (Fsp3) is 0.500. The summed E-state index contributed by atoms with van der Waals surface area (Å²) in [5.41, 5.74) is 2.32. The average Bonchev–Trinajstić information content (AvgIpc) is 2.81. The van der Waals surface area contributed by atoms with Crippen molar-refractivity contribution in [2.24, 2.45) is 5.92 Å². The second-order valence-electron chi connectivity index (χ2n) is 8.37. The Balaban J connectivity index is 1.24. The third kappa shape index (κ3) is 5.23. The van der Waals surface area contributed by atoms with Crippen LogP contribution >= 0.6 is 0 Å². The number of amides is 2. The molecule has 1 aromatic carbocycles. The van der Waals surface area contributed by atoms with Gasteiger partial charge in [-0.05, 0) is 30.5 Å². The molecule has 158 valence electrons. The lowest BCUT2D eigenvalue weighted by Gasteiger charge is -2.34. The summed E-state index contributed by atoms with van der Waals surface area (Å²) < 4.78 is 0. The fourth-order valence-electron chi connectivity index (χ4n) is 4.45. The summed E-state index contributed by atoms with van der Waals surface area (Å²) >= 11 is 0. The van der Waals surface area contributed by atoms with Crippen LogP contribution in [0.25, 0.3) is 17.1 Å². The number of piperazine rings is 1. The van der Waals surface area contributed by atoms with E-state index in [-0.39, 0.29) is 11.8 Å². The van der Waals surface area contributed by atoms with Gasteiger partial charge in [0.15, 0.2) is 0 Å². The second kappa shape index (κ2) is 9.83. The molecular formula is C24H30N4O2. The molecule has 0 spiro atoms. The van der Waals surface area contributed by atoms with Crippen molar-refractivity contribution in [2.75, 3.05) is 26.2 Å². The van der Waals surface area contributed by atoms with Crippen LogP contribution in [0.4, 0.5) is 0 Å². The van der Waals surface area contributed by atoms with Gasteiger partial charge in [-0.2, -0.15) is 0 Å². The molecule has 1 aliphatic carbocycles. The Morgan fingerprint density at radius 1 is 0.967 bits per heavy atom. The van der Waals surface area contributed by atoms with E-state index in [2.05, 4.69) is 9.97 Å². The predicted octanol–water partition coefficient (Wildman–Crippen LogP) is 3.67. The Kier molecular flexibility index (Phi) is 6.72. The first-order chi connectivity index (χ1) is 14.7. The Morgan fingerprint density at radius 3 is 2.43 bits per heavy atom. The zero-order valence-electron chi connectivity index (χ0n) is 17.5. The van der Waals surface area contributed by atoms with E-state index in [0.29, 0.717) is 38.3 Å². The van der Waals surface area contributed by atoms with Crippen LogP contribution in [0.3, 0.4) is 0 Å². The van der Waals surface area contributed by atoms with E-state index in [1.807, 2.05) is 29.2 Å². The van der Waals surface area contributed by atoms with Crippen molar-refractivity contribution in [3.8, 4) is 0 Å². The van der Waals surface area contributed by atoms with Gasteiger partial charge in [-0.3, -0.25) is 14.6 Å². The molecule has 2 aromatic rings. The number of benzene rings is 1. The van der Waals surface area contributed by atoms with E-state index in [0.717, 1.165) is 23.4 Å². The summed E-state index contributed by atoms with van der Waals surface area (Å²) in [5.74, 6) is 0.933. The number of hydrogen-bond acceptors (Lipinski definition) is 4. The van der Waals surface area contributed by atoms with E-state index in [1.54, 1.807) is 23.2 Å². The van der Waals surface area contributed by atoms with Crippen LogP contribution in [0.15, 0.2) is 36.5 Å². The van der Waals surface area contributed by atoms with Gasteiger partial charge in [0.2, 0.25) is 11.8 Å². The molecule has 1 saturated carbocycles. The Bertz CT molecular complexity index is 912. The first-order valence-corrected chi connectivity index (χ1v) is 11.2. The zero-order valence-corrected chi connectivity index (χ0v) is 17.5. The summed E-state index contributed by atoms with van der Waals surface area (Å²) in [5, 5.41) is 0. The number of fused-ring (bicyclic) bond motifs is 1. The maximum absolute atomic E-state index is 12.5. The van der Waals surface area contributed by atoms with Crippen molar-refractivity contribution in [3.63, 3.8) is 0 Å². The maximum Gasteiger partial charge on any atom is 0.246 e. The number of para-hydroxylation sites is 2. The van der Waals surface area contributed by atoms with Gasteiger partial charge in [0.25, 0.3) is 0 Å². The molecule has 0 atom stereocenters. The number of carbonyl (C=O) groups excluding carboxylic acids is 2. The second-order valence-corrected chi connectivity index (χ2v) is 8.37. The molecular weight excluding hydrogens is 376 g/mol. The number of nitrogens with zero attached hydrogens (tertiary/aromatic N) is 4. The highest BCUT2D eigenvalue weighted by Crippen LogP contribution is 2.27. The highest BCUT2D eigenvalue weighted by Gasteiger charge is 2.24. The highest BCUT2D eigenvalue weighted by atomic mass is 16.2. The van der Waals surface area contributed by atoms with Gasteiger partial charge in [-0.25, -0.2) is 4.98 Å². The molecule has 2 amide bonds. The smallest absolute Gasteiger partial charge is 0.246 e. The van der Waals surface area contributed by atoms with Gasteiger partial charge in [0.05, 0.1) is 22.9 Å². The lowest BCUT2D eigenvalue weighted by atomic mass is 9.86. The van der Waals surface area contributed by atoms with E-state index >= 15 is 0 Å². The van der Waals surface area contributed by atoms with Crippen LogP contribution in [-0.2, 0) is 9.59 Å². The summed E-state index contributed by atoms with van der Waals surface area (Å²) in [7, 11) is 0. The summed E-state index contributed by atoms with van der Waals surface area (Å²) in [6.45, 7) is 2.42. The van der Waals surface area contributed by atoms with Crippen LogP contribution in [0, 0.1) is 5.92 Å². The average molecular weight is 407 g/mol. The SMILES string of the molecule is O=C(C=Cc1cnc2ccccc2n1)N1CCN(C(=O)CCC2CCCCC2)CC1. The molecule has 1 aliphatic heterocycles. The molecule has 6 heteroatoms. The summed E-state index contributed by atoms with van der Waals surface area (Å²) in [4.78, 5) is 37.7.